The number of hydrogen-bond donors (Lipinski definition) is 0. The maximum absolute atomic E-state index is 2.39. The summed E-state index contributed by atoms with van der Waals surface area (Å²) in [5.74, 6) is 0. The number of benzene rings is 5. The third kappa shape index (κ3) is 7.53. The van der Waals surface area contributed by atoms with Gasteiger partial charge in [0.25, 0.3) is 0 Å². The van der Waals surface area contributed by atoms with Crippen molar-refractivity contribution in [2.24, 2.45) is 0 Å². The van der Waals surface area contributed by atoms with Gasteiger partial charge in [-0.2, -0.15) is 0 Å². The smallest absolute Gasteiger partial charge is 0.0522 e. The van der Waals surface area contributed by atoms with Crippen LogP contribution in [-0.4, -0.2) is 0 Å². The zero-order valence-electron chi connectivity index (χ0n) is 24.4. The van der Waals surface area contributed by atoms with E-state index in [1.807, 2.05) is 12.1 Å². The maximum Gasteiger partial charge on any atom is 0.0522 e. The average molecular weight is 544 g/mol. The van der Waals surface area contributed by atoms with Crippen LogP contribution in [0, 0.1) is 6.92 Å². The maximum atomic E-state index is 2.39. The summed E-state index contributed by atoms with van der Waals surface area (Å²) in [5, 5.41) is 0. The summed E-state index contributed by atoms with van der Waals surface area (Å²) in [5.41, 5.74) is 10.9. The molecule has 0 fully saturated rings. The Morgan fingerprint density at radius 1 is 0.452 bits per heavy atom. The van der Waals surface area contributed by atoms with Crippen LogP contribution in [0.15, 0.2) is 152 Å². The summed E-state index contributed by atoms with van der Waals surface area (Å²) >= 11 is 0. The Balaban J connectivity index is 1.39. The summed E-state index contributed by atoms with van der Waals surface area (Å²) in [6.07, 6.45) is 17.9. The van der Waals surface area contributed by atoms with Crippen LogP contribution in [0.3, 0.4) is 0 Å². The molecule has 0 spiro atoms. The van der Waals surface area contributed by atoms with Crippen LogP contribution < -0.4 is 4.90 Å². The summed E-state index contributed by atoms with van der Waals surface area (Å²) in [6, 6.07) is 45.0. The fraction of sp³-hybridized carbons (Fsp3) is 0.0732. The number of para-hydroxylation sites is 1. The standard InChI is InChI=1S/C41H37N/c1-3-38-24-14-15-33(2)41(38)42(39-29-25-36(26-30-39)22-12-10-20-34-16-6-4-7-17-34)40-31-27-37(28-32-40)23-13-11-21-35-18-8-5-9-19-35/h4-32H,3H2,1-2H3/b20-10+,21-11+,22-12+,23-13+. The quantitative estimate of drug-likeness (QED) is 0.158. The first-order chi connectivity index (χ1) is 20.7. The first-order valence-electron chi connectivity index (χ1n) is 14.6. The highest BCUT2D eigenvalue weighted by Crippen LogP contribution is 2.39. The van der Waals surface area contributed by atoms with Gasteiger partial charge in [0.15, 0.2) is 0 Å². The predicted octanol–water partition coefficient (Wildman–Crippen LogP) is 11.5. The molecule has 5 aromatic rings. The Kier molecular flexibility index (Phi) is 9.79. The zero-order valence-corrected chi connectivity index (χ0v) is 24.4. The second-order valence-corrected chi connectivity index (χ2v) is 10.2. The summed E-state index contributed by atoms with van der Waals surface area (Å²) in [6.45, 7) is 4.43. The van der Waals surface area contributed by atoms with E-state index in [1.165, 1.54) is 39.1 Å². The molecule has 1 nitrogen and oxygen atoms in total. The molecule has 0 aliphatic heterocycles. The van der Waals surface area contributed by atoms with E-state index in [1.54, 1.807) is 0 Å². The fourth-order valence-corrected chi connectivity index (χ4v) is 5.00. The molecule has 1 heteroatoms. The SMILES string of the molecule is CCc1cccc(C)c1N(c1ccc(/C=C/C=C/c2ccccc2)cc1)c1ccc(/C=C/C=C/c2ccccc2)cc1. The average Bonchev–Trinajstić information content (AvgIpc) is 3.04. The molecular formula is C41H37N. The number of anilines is 3. The molecule has 0 heterocycles. The van der Waals surface area contributed by atoms with Crippen molar-refractivity contribution in [1.29, 1.82) is 0 Å². The van der Waals surface area contributed by atoms with E-state index in [4.69, 9.17) is 0 Å². The topological polar surface area (TPSA) is 3.24 Å². The summed E-state index contributed by atoms with van der Waals surface area (Å²) < 4.78 is 0. The fourth-order valence-electron chi connectivity index (χ4n) is 5.00. The van der Waals surface area contributed by atoms with Crippen LogP contribution >= 0.6 is 0 Å². The molecule has 0 aliphatic rings. The van der Waals surface area contributed by atoms with Crippen molar-refractivity contribution in [3.8, 4) is 0 Å². The first-order valence-corrected chi connectivity index (χ1v) is 14.6. The highest BCUT2D eigenvalue weighted by atomic mass is 15.1. The minimum atomic E-state index is 0.969. The van der Waals surface area contributed by atoms with Crippen LogP contribution in [0.5, 0.6) is 0 Å². The van der Waals surface area contributed by atoms with Crippen molar-refractivity contribution in [3.05, 3.63) is 185 Å². The summed E-state index contributed by atoms with van der Waals surface area (Å²) in [7, 11) is 0. The number of hydrogen-bond acceptors (Lipinski definition) is 1. The van der Waals surface area contributed by atoms with Gasteiger partial charge in [0.1, 0.15) is 0 Å². The lowest BCUT2D eigenvalue weighted by Crippen LogP contribution is -2.13. The van der Waals surface area contributed by atoms with Gasteiger partial charge in [-0.1, -0.05) is 159 Å². The molecule has 206 valence electrons. The van der Waals surface area contributed by atoms with Gasteiger partial charge in [-0.05, 0) is 71.0 Å². The molecule has 0 saturated heterocycles. The molecule has 0 aliphatic carbocycles. The van der Waals surface area contributed by atoms with Crippen LogP contribution in [-0.2, 0) is 6.42 Å². The highest BCUT2D eigenvalue weighted by Gasteiger charge is 2.17. The second kappa shape index (κ2) is 14.5. The van der Waals surface area contributed by atoms with Crippen LogP contribution in [0.25, 0.3) is 24.3 Å². The van der Waals surface area contributed by atoms with E-state index in [0.29, 0.717) is 0 Å². The lowest BCUT2D eigenvalue weighted by molar-refractivity contribution is 1.10. The number of rotatable bonds is 10. The van der Waals surface area contributed by atoms with Crippen molar-refractivity contribution in [1.82, 2.24) is 0 Å². The van der Waals surface area contributed by atoms with Gasteiger partial charge in [-0.15, -0.1) is 0 Å². The molecule has 0 aromatic heterocycles. The Morgan fingerprint density at radius 2 is 0.857 bits per heavy atom. The van der Waals surface area contributed by atoms with Gasteiger partial charge in [0, 0.05) is 11.4 Å². The van der Waals surface area contributed by atoms with Crippen molar-refractivity contribution in [3.63, 3.8) is 0 Å². The van der Waals surface area contributed by atoms with Crippen LogP contribution in [0.1, 0.15) is 40.3 Å². The normalized spacial score (nSPS) is 11.8. The van der Waals surface area contributed by atoms with E-state index in [9.17, 15) is 0 Å². The van der Waals surface area contributed by atoms with Gasteiger partial charge in [-0.3, -0.25) is 0 Å². The zero-order chi connectivity index (χ0) is 29.0. The van der Waals surface area contributed by atoms with Gasteiger partial charge < -0.3 is 4.90 Å². The highest BCUT2D eigenvalue weighted by molar-refractivity contribution is 5.81. The van der Waals surface area contributed by atoms with E-state index in [2.05, 4.69) is 183 Å². The largest absolute Gasteiger partial charge is 0.310 e. The lowest BCUT2D eigenvalue weighted by atomic mass is 10.0. The monoisotopic (exact) mass is 543 g/mol. The first kappa shape index (κ1) is 28.4. The van der Waals surface area contributed by atoms with Crippen molar-refractivity contribution < 1.29 is 0 Å². The molecule has 0 bridgehead atoms. The Labute approximate surface area is 251 Å². The molecule has 0 radical (unpaired) electrons. The van der Waals surface area contributed by atoms with Gasteiger partial charge >= 0.3 is 0 Å². The van der Waals surface area contributed by atoms with Crippen molar-refractivity contribution in [2.45, 2.75) is 20.3 Å². The minimum absolute atomic E-state index is 0.969. The van der Waals surface area contributed by atoms with E-state index in [-0.39, 0.29) is 0 Å². The third-order valence-electron chi connectivity index (χ3n) is 7.20. The van der Waals surface area contributed by atoms with Crippen molar-refractivity contribution >= 4 is 41.4 Å². The van der Waals surface area contributed by atoms with Crippen LogP contribution in [0.4, 0.5) is 17.1 Å². The van der Waals surface area contributed by atoms with E-state index < -0.39 is 0 Å². The molecule has 5 aromatic carbocycles. The molecule has 0 amide bonds. The van der Waals surface area contributed by atoms with E-state index >= 15 is 0 Å². The van der Waals surface area contributed by atoms with Crippen LogP contribution in [0.2, 0.25) is 0 Å². The third-order valence-corrected chi connectivity index (χ3v) is 7.20. The number of nitrogens with zero attached hydrogens (tertiary/aromatic N) is 1. The van der Waals surface area contributed by atoms with Gasteiger partial charge in [-0.25, -0.2) is 0 Å². The molecule has 5 rings (SSSR count). The van der Waals surface area contributed by atoms with Gasteiger partial charge in [0.2, 0.25) is 0 Å². The predicted molar refractivity (Wildman–Crippen MR) is 184 cm³/mol. The van der Waals surface area contributed by atoms with Gasteiger partial charge in [0.05, 0.1) is 5.69 Å². The second-order valence-electron chi connectivity index (χ2n) is 10.2. The Morgan fingerprint density at radius 3 is 1.26 bits per heavy atom. The molecule has 0 saturated carbocycles. The molecule has 0 unspecified atom stereocenters. The molecular weight excluding hydrogens is 506 g/mol. The van der Waals surface area contributed by atoms with Crippen molar-refractivity contribution in [2.75, 3.05) is 4.90 Å². The Bertz CT molecular complexity index is 1570. The molecule has 0 atom stereocenters. The lowest BCUT2D eigenvalue weighted by Gasteiger charge is -2.29. The number of allylic oxidation sites excluding steroid dienone is 4. The van der Waals surface area contributed by atoms with E-state index in [0.717, 1.165) is 17.8 Å². The minimum Gasteiger partial charge on any atom is -0.310 e. The summed E-state index contributed by atoms with van der Waals surface area (Å²) in [4.78, 5) is 2.39. The molecule has 0 N–H and O–H groups in total. The molecule has 42 heavy (non-hydrogen) atoms. The number of aryl methyl sites for hydroxylation is 2. The Hall–Kier alpha value is -5.14.